The molecular weight excluding hydrogens is 180 g/mol. The first kappa shape index (κ1) is 9.82. The van der Waals surface area contributed by atoms with Gasteiger partial charge in [0.2, 0.25) is 0 Å². The molecule has 0 fully saturated rings. The third-order valence-corrected chi connectivity index (χ3v) is 2.19. The second kappa shape index (κ2) is 5.39. The van der Waals surface area contributed by atoms with E-state index >= 15 is 0 Å². The molecule has 13 heavy (non-hydrogen) atoms. The molecule has 2 nitrogen and oxygen atoms in total. The van der Waals surface area contributed by atoms with E-state index in [1.165, 1.54) is 0 Å². The average molecular weight is 191 g/mol. The van der Waals surface area contributed by atoms with Crippen molar-refractivity contribution >= 4 is 17.5 Å². The van der Waals surface area contributed by atoms with Gasteiger partial charge in [-0.1, -0.05) is 13.0 Å². The number of rotatable bonds is 3. The Labute approximate surface area is 82.5 Å². The van der Waals surface area contributed by atoms with E-state index in [0.29, 0.717) is 5.70 Å². The van der Waals surface area contributed by atoms with Crippen LogP contribution >= 0.6 is 11.8 Å². The number of aromatic nitrogens is 1. The summed E-state index contributed by atoms with van der Waals surface area (Å²) in [4.78, 5) is 0. The van der Waals surface area contributed by atoms with Crippen molar-refractivity contribution in [2.75, 3.05) is 5.75 Å². The molecule has 0 aromatic carbocycles. The van der Waals surface area contributed by atoms with Crippen molar-refractivity contribution in [3.63, 3.8) is 0 Å². The lowest BCUT2D eigenvalue weighted by molar-refractivity contribution is -0.577. The Morgan fingerprint density at radius 3 is 2.69 bits per heavy atom. The topological polar surface area (TPSA) is 27.7 Å². The van der Waals surface area contributed by atoms with Crippen molar-refractivity contribution in [1.82, 2.24) is 0 Å². The average Bonchev–Trinajstić information content (AvgIpc) is 2.21. The molecule has 0 N–H and O–H groups in total. The number of thioether (sulfide) groups is 1. The van der Waals surface area contributed by atoms with E-state index in [-0.39, 0.29) is 0 Å². The fourth-order valence-corrected chi connectivity index (χ4v) is 1.37. The maximum atomic E-state index is 8.85. The van der Waals surface area contributed by atoms with Gasteiger partial charge < -0.3 is 0 Å². The molecule has 0 radical (unpaired) electrons. The van der Waals surface area contributed by atoms with Crippen LogP contribution in [0.1, 0.15) is 6.92 Å². The Balaban J connectivity index is 2.87. The van der Waals surface area contributed by atoms with Crippen LogP contribution in [0.5, 0.6) is 0 Å². The summed E-state index contributed by atoms with van der Waals surface area (Å²) < 4.78 is 1.81. The van der Waals surface area contributed by atoms with Gasteiger partial charge in [-0.15, -0.1) is 11.8 Å². The molecule has 0 aliphatic heterocycles. The largest absolute Gasteiger partial charge is 0.295 e. The summed E-state index contributed by atoms with van der Waals surface area (Å²) in [7, 11) is 0. The van der Waals surface area contributed by atoms with Gasteiger partial charge in [0.25, 0.3) is 5.70 Å². The Morgan fingerprint density at radius 1 is 1.46 bits per heavy atom. The number of allylic oxidation sites excluding steroid dienone is 1. The molecule has 0 unspecified atom stereocenters. The number of hydrogen-bond acceptors (Lipinski definition) is 2. The van der Waals surface area contributed by atoms with Crippen LogP contribution in [0.25, 0.3) is 5.70 Å². The smallest absolute Gasteiger partial charge is 0.186 e. The highest BCUT2D eigenvalue weighted by Crippen LogP contribution is 2.04. The van der Waals surface area contributed by atoms with E-state index in [9.17, 15) is 0 Å². The highest BCUT2D eigenvalue weighted by molar-refractivity contribution is 8.02. The molecule has 3 heteroatoms. The Bertz CT molecular complexity index is 325. The predicted octanol–water partition coefficient (Wildman–Crippen LogP) is 2.05. The molecule has 1 aromatic heterocycles. The van der Waals surface area contributed by atoms with Gasteiger partial charge in [-0.05, 0) is 5.75 Å². The maximum absolute atomic E-state index is 8.85. The molecule has 0 amide bonds. The summed E-state index contributed by atoms with van der Waals surface area (Å²) >= 11 is 1.63. The van der Waals surface area contributed by atoms with Crippen LogP contribution in [0.15, 0.2) is 36.0 Å². The molecule has 0 aliphatic carbocycles. The normalized spacial score (nSPS) is 10.9. The second-order valence-corrected chi connectivity index (χ2v) is 3.50. The summed E-state index contributed by atoms with van der Waals surface area (Å²) in [5.74, 6) is 0.985. The summed E-state index contributed by atoms with van der Waals surface area (Å²) in [6.07, 6.45) is 3.73. The second-order valence-electron chi connectivity index (χ2n) is 2.35. The first-order valence-electron chi connectivity index (χ1n) is 4.07. The quantitative estimate of drug-likeness (QED) is 0.540. The van der Waals surface area contributed by atoms with Crippen molar-refractivity contribution in [1.29, 1.82) is 5.26 Å². The molecule has 1 heterocycles. The van der Waals surface area contributed by atoms with E-state index in [0.717, 1.165) is 5.75 Å². The Morgan fingerprint density at radius 2 is 2.15 bits per heavy atom. The van der Waals surface area contributed by atoms with Crippen LogP contribution in [0.4, 0.5) is 0 Å². The number of hydrogen-bond donors (Lipinski definition) is 0. The lowest BCUT2D eigenvalue weighted by atomic mass is 10.4. The van der Waals surface area contributed by atoms with Crippen LogP contribution < -0.4 is 4.57 Å². The molecule has 1 rings (SSSR count). The van der Waals surface area contributed by atoms with E-state index in [1.54, 1.807) is 11.8 Å². The van der Waals surface area contributed by atoms with Gasteiger partial charge in [0.1, 0.15) is 0 Å². The van der Waals surface area contributed by atoms with Crippen LogP contribution in [-0.4, -0.2) is 5.75 Å². The van der Waals surface area contributed by atoms with Crippen LogP contribution in [0.3, 0.4) is 0 Å². The minimum absolute atomic E-state index is 0.660. The van der Waals surface area contributed by atoms with Crippen molar-refractivity contribution in [2.45, 2.75) is 6.92 Å². The molecule has 66 valence electrons. The molecular formula is C10H11N2S+. The van der Waals surface area contributed by atoms with Crippen molar-refractivity contribution in [2.24, 2.45) is 0 Å². The van der Waals surface area contributed by atoms with Crippen molar-refractivity contribution < 1.29 is 4.57 Å². The Hall–Kier alpha value is -1.27. The highest BCUT2D eigenvalue weighted by atomic mass is 32.2. The first-order chi connectivity index (χ1) is 6.38. The van der Waals surface area contributed by atoms with Crippen LogP contribution in [0, 0.1) is 11.3 Å². The van der Waals surface area contributed by atoms with Gasteiger partial charge in [-0.2, -0.15) is 9.83 Å². The Kier molecular flexibility index (Phi) is 4.07. The first-order valence-corrected chi connectivity index (χ1v) is 5.12. The summed E-state index contributed by atoms with van der Waals surface area (Å²) in [5.41, 5.74) is 0.660. The minimum Gasteiger partial charge on any atom is -0.186 e. The zero-order valence-electron chi connectivity index (χ0n) is 7.47. The van der Waals surface area contributed by atoms with Gasteiger partial charge in [-0.25, -0.2) is 0 Å². The standard InChI is InChI=1S/C10H11N2S/c1-2-13-9-10(8-11)12-6-4-3-5-7-12/h3-7,9H,2H2,1H3/q+1/b10-9+. The summed E-state index contributed by atoms with van der Waals surface area (Å²) in [6.45, 7) is 2.06. The predicted molar refractivity (Wildman–Crippen MR) is 54.7 cm³/mol. The fourth-order valence-electron chi connectivity index (χ4n) is 0.866. The summed E-state index contributed by atoms with van der Waals surface area (Å²) in [6, 6.07) is 7.89. The highest BCUT2D eigenvalue weighted by Gasteiger charge is 2.05. The van der Waals surface area contributed by atoms with E-state index in [1.807, 2.05) is 40.6 Å². The lowest BCUT2D eigenvalue weighted by Crippen LogP contribution is -2.29. The van der Waals surface area contributed by atoms with E-state index < -0.39 is 0 Å². The van der Waals surface area contributed by atoms with Crippen molar-refractivity contribution in [3.05, 3.63) is 36.0 Å². The van der Waals surface area contributed by atoms with Crippen LogP contribution in [0.2, 0.25) is 0 Å². The zero-order chi connectivity index (χ0) is 9.52. The maximum Gasteiger partial charge on any atom is 0.295 e. The molecule has 0 atom stereocenters. The minimum atomic E-state index is 0.660. The molecule has 0 saturated carbocycles. The lowest BCUT2D eigenvalue weighted by Gasteiger charge is -1.90. The van der Waals surface area contributed by atoms with Crippen molar-refractivity contribution in [3.8, 4) is 6.07 Å². The molecule has 0 aliphatic rings. The SMILES string of the molecule is CCS/C=C(\C#N)[n+]1ccccc1. The van der Waals surface area contributed by atoms with E-state index in [4.69, 9.17) is 5.26 Å². The zero-order valence-corrected chi connectivity index (χ0v) is 8.29. The third kappa shape index (κ3) is 2.92. The number of pyridine rings is 1. The fraction of sp³-hybridized carbons (Fsp3) is 0.200. The van der Waals surface area contributed by atoms with Gasteiger partial charge in [0.05, 0.1) is 5.41 Å². The number of nitrogens with zero attached hydrogens (tertiary/aromatic N) is 2. The van der Waals surface area contributed by atoms with E-state index in [2.05, 4.69) is 13.0 Å². The van der Waals surface area contributed by atoms with Gasteiger partial charge >= 0.3 is 0 Å². The van der Waals surface area contributed by atoms with Gasteiger partial charge in [0, 0.05) is 12.1 Å². The summed E-state index contributed by atoms with van der Waals surface area (Å²) in [5, 5.41) is 10.7. The monoisotopic (exact) mass is 191 g/mol. The molecule has 0 bridgehead atoms. The number of nitriles is 1. The van der Waals surface area contributed by atoms with Gasteiger partial charge in [0.15, 0.2) is 18.5 Å². The molecule has 1 aromatic rings. The van der Waals surface area contributed by atoms with Gasteiger partial charge in [-0.3, -0.25) is 0 Å². The molecule has 0 spiro atoms. The molecule has 0 saturated heterocycles. The third-order valence-electron chi connectivity index (χ3n) is 1.47. The van der Waals surface area contributed by atoms with Crippen LogP contribution in [-0.2, 0) is 0 Å².